The largest absolute Gasteiger partial charge is 0.471 e. The molecule has 0 amide bonds. The van der Waals surface area contributed by atoms with Crippen LogP contribution in [0.25, 0.3) is 0 Å². The molecule has 0 bridgehead atoms. The Balaban J connectivity index is 1.73. The van der Waals surface area contributed by atoms with Crippen LogP contribution in [0, 0.1) is 11.3 Å². The maximum Gasteiger partial charge on any atom is 0.232 e. The molecule has 1 saturated heterocycles. The van der Waals surface area contributed by atoms with Gasteiger partial charge in [0.15, 0.2) is 0 Å². The summed E-state index contributed by atoms with van der Waals surface area (Å²) >= 11 is 6.16. The number of pyridine rings is 1. The summed E-state index contributed by atoms with van der Waals surface area (Å²) in [5, 5.41) is 10.3. The maximum atomic E-state index is 9.75. The van der Waals surface area contributed by atoms with Gasteiger partial charge in [-0.25, -0.2) is 4.98 Å². The Bertz CT molecular complexity index is 1010. The Kier molecular flexibility index (Phi) is 7.97. The summed E-state index contributed by atoms with van der Waals surface area (Å²) in [7, 11) is 0. The molecule has 0 aliphatic carbocycles. The number of hydrogen-bond donors (Lipinski definition) is 0. The van der Waals surface area contributed by atoms with Crippen molar-refractivity contribution in [2.75, 3.05) is 18.0 Å². The van der Waals surface area contributed by atoms with Crippen molar-refractivity contribution in [3.8, 4) is 17.7 Å². The number of aromatic nitrogens is 1. The van der Waals surface area contributed by atoms with E-state index in [0.717, 1.165) is 37.3 Å². The van der Waals surface area contributed by atoms with Gasteiger partial charge in [-0.1, -0.05) is 31.5 Å². The normalized spacial score (nSPS) is 16.9. The second-order valence-corrected chi connectivity index (χ2v) is 7.71. The van der Waals surface area contributed by atoms with Gasteiger partial charge in [0, 0.05) is 25.2 Å². The topological polar surface area (TPSA) is 58.4 Å². The molecule has 31 heavy (non-hydrogen) atoms. The summed E-state index contributed by atoms with van der Waals surface area (Å²) in [6, 6.07) is 11.5. The highest BCUT2D eigenvalue weighted by Crippen LogP contribution is 2.31. The smallest absolute Gasteiger partial charge is 0.232 e. The highest BCUT2D eigenvalue weighted by atomic mass is 35.5. The number of hydrogen-bond acceptors (Lipinski definition) is 5. The number of ether oxygens (including phenoxy) is 2. The monoisotopic (exact) mass is 437 g/mol. The number of nitrogens with zero attached hydrogens (tertiary/aromatic N) is 3. The molecule has 0 spiro atoms. The Morgan fingerprint density at radius 2 is 2.19 bits per heavy atom. The summed E-state index contributed by atoms with van der Waals surface area (Å²) in [6.45, 7) is 7.65. The van der Waals surface area contributed by atoms with Crippen LogP contribution in [0.1, 0.15) is 45.6 Å². The van der Waals surface area contributed by atoms with Gasteiger partial charge in [-0.3, -0.25) is 0 Å². The molecule has 5 nitrogen and oxygen atoms in total. The van der Waals surface area contributed by atoms with Crippen LogP contribution in [0.15, 0.2) is 60.0 Å². The van der Waals surface area contributed by atoms with Gasteiger partial charge in [0.1, 0.15) is 28.7 Å². The molecular weight excluding hydrogens is 410 g/mol. The van der Waals surface area contributed by atoms with Gasteiger partial charge in [0.2, 0.25) is 5.88 Å². The van der Waals surface area contributed by atoms with Crippen LogP contribution >= 0.6 is 11.6 Å². The van der Waals surface area contributed by atoms with E-state index in [1.165, 1.54) is 5.57 Å². The molecule has 1 aliphatic heterocycles. The third kappa shape index (κ3) is 5.59. The van der Waals surface area contributed by atoms with Crippen LogP contribution in [0.4, 0.5) is 5.69 Å². The lowest BCUT2D eigenvalue weighted by molar-refractivity contribution is 0.216. The van der Waals surface area contributed by atoms with Crippen LogP contribution in [-0.4, -0.2) is 24.2 Å². The molecule has 1 aromatic carbocycles. The van der Waals surface area contributed by atoms with Crippen LogP contribution in [0.5, 0.6) is 11.6 Å². The van der Waals surface area contributed by atoms with E-state index in [9.17, 15) is 5.26 Å². The van der Waals surface area contributed by atoms with Crippen molar-refractivity contribution in [2.24, 2.45) is 0 Å². The lowest BCUT2D eigenvalue weighted by Crippen LogP contribution is -2.25. The predicted octanol–water partition coefficient (Wildman–Crippen LogP) is 6.29. The van der Waals surface area contributed by atoms with E-state index < -0.39 is 0 Å². The number of benzene rings is 1. The van der Waals surface area contributed by atoms with Gasteiger partial charge in [0.25, 0.3) is 0 Å². The first kappa shape index (κ1) is 22.7. The number of rotatable bonds is 8. The average Bonchev–Trinajstić information content (AvgIpc) is 3.25. The number of allylic oxidation sites excluding steroid dienone is 3. The van der Waals surface area contributed by atoms with Crippen molar-refractivity contribution in [1.82, 2.24) is 4.98 Å². The molecule has 1 atom stereocenters. The first-order chi connectivity index (χ1) is 15.1. The number of anilines is 1. The fourth-order valence-electron chi connectivity index (χ4n) is 3.71. The van der Waals surface area contributed by atoms with Crippen LogP contribution in [0.3, 0.4) is 0 Å². The third-order valence-electron chi connectivity index (χ3n) is 5.22. The van der Waals surface area contributed by atoms with E-state index in [-0.39, 0.29) is 6.10 Å². The zero-order valence-electron chi connectivity index (χ0n) is 18.3. The molecule has 2 aromatic rings. The maximum absolute atomic E-state index is 9.75. The predicted molar refractivity (Wildman–Crippen MR) is 125 cm³/mol. The molecule has 0 saturated carbocycles. The van der Waals surface area contributed by atoms with E-state index in [0.29, 0.717) is 28.8 Å². The van der Waals surface area contributed by atoms with Crippen LogP contribution in [0.2, 0.25) is 5.02 Å². The molecule has 6 heteroatoms. The minimum Gasteiger partial charge on any atom is -0.471 e. The van der Waals surface area contributed by atoms with Gasteiger partial charge in [-0.2, -0.15) is 5.26 Å². The fraction of sp³-hybridized carbons (Fsp3) is 0.360. The molecule has 2 heterocycles. The standard InChI is InChI=1S/C25H28ClN3O2/c1-4-8-18(5-2)24(6-3)30-20-10-11-23(19(15-20)16-27)29-14-12-21(17-29)31-25-22(26)9-7-13-28-25/h6-11,13,15,21H,4-5,12,14,17H2,1-3H3/b18-8-,24-6+/t21-/m0/s1. The minimum atomic E-state index is -0.0317. The van der Waals surface area contributed by atoms with Crippen molar-refractivity contribution >= 4 is 17.3 Å². The van der Waals surface area contributed by atoms with E-state index >= 15 is 0 Å². The Morgan fingerprint density at radius 3 is 2.87 bits per heavy atom. The van der Waals surface area contributed by atoms with Gasteiger partial charge in [0.05, 0.1) is 17.8 Å². The quantitative estimate of drug-likeness (QED) is 0.358. The lowest BCUT2D eigenvalue weighted by Gasteiger charge is -2.21. The van der Waals surface area contributed by atoms with Gasteiger partial charge < -0.3 is 14.4 Å². The Morgan fingerprint density at radius 1 is 1.35 bits per heavy atom. The molecule has 0 N–H and O–H groups in total. The molecule has 162 valence electrons. The Labute approximate surface area is 189 Å². The molecule has 0 unspecified atom stereocenters. The second-order valence-electron chi connectivity index (χ2n) is 7.30. The molecule has 1 aromatic heterocycles. The second kappa shape index (κ2) is 10.9. The van der Waals surface area contributed by atoms with E-state index in [4.69, 9.17) is 21.1 Å². The Hall–Kier alpha value is -2.97. The summed E-state index contributed by atoms with van der Waals surface area (Å²) in [5.41, 5.74) is 2.64. The number of halogens is 1. The molecule has 0 radical (unpaired) electrons. The average molecular weight is 438 g/mol. The first-order valence-electron chi connectivity index (χ1n) is 10.7. The lowest BCUT2D eigenvalue weighted by atomic mass is 10.1. The summed E-state index contributed by atoms with van der Waals surface area (Å²) < 4.78 is 12.1. The molecule has 3 rings (SSSR count). The first-order valence-corrected chi connectivity index (χ1v) is 11.1. The van der Waals surface area contributed by atoms with Crippen molar-refractivity contribution < 1.29 is 9.47 Å². The van der Waals surface area contributed by atoms with Crippen molar-refractivity contribution in [3.63, 3.8) is 0 Å². The number of nitriles is 1. The minimum absolute atomic E-state index is 0.0317. The van der Waals surface area contributed by atoms with Crippen molar-refractivity contribution in [3.05, 3.63) is 70.6 Å². The van der Waals surface area contributed by atoms with Gasteiger partial charge in [-0.05, 0) is 55.7 Å². The SMILES string of the molecule is C/C=C(Oc1ccc(N2CC[C@H](Oc3ncccc3Cl)C2)c(C#N)c1)\C(=C/CC)CC. The van der Waals surface area contributed by atoms with Crippen molar-refractivity contribution in [1.29, 1.82) is 5.26 Å². The summed E-state index contributed by atoms with van der Waals surface area (Å²) in [5.74, 6) is 1.95. The van der Waals surface area contributed by atoms with Crippen LogP contribution < -0.4 is 14.4 Å². The third-order valence-corrected chi connectivity index (χ3v) is 5.50. The van der Waals surface area contributed by atoms with E-state index in [2.05, 4.69) is 35.9 Å². The molecular formula is C25H28ClN3O2. The van der Waals surface area contributed by atoms with Gasteiger partial charge >= 0.3 is 0 Å². The van der Waals surface area contributed by atoms with Crippen molar-refractivity contribution in [2.45, 2.75) is 46.1 Å². The van der Waals surface area contributed by atoms with Crippen LogP contribution in [-0.2, 0) is 0 Å². The highest BCUT2D eigenvalue weighted by molar-refractivity contribution is 6.31. The zero-order chi connectivity index (χ0) is 22.2. The highest BCUT2D eigenvalue weighted by Gasteiger charge is 2.27. The zero-order valence-corrected chi connectivity index (χ0v) is 19.0. The summed E-state index contributed by atoms with van der Waals surface area (Å²) in [6.07, 6.45) is 8.46. The van der Waals surface area contributed by atoms with E-state index in [1.54, 1.807) is 18.3 Å². The molecule has 1 fully saturated rings. The van der Waals surface area contributed by atoms with E-state index in [1.807, 2.05) is 31.2 Å². The fourth-order valence-corrected chi connectivity index (χ4v) is 3.87. The summed E-state index contributed by atoms with van der Waals surface area (Å²) in [4.78, 5) is 6.36. The van der Waals surface area contributed by atoms with Gasteiger partial charge in [-0.15, -0.1) is 0 Å². The molecule has 1 aliphatic rings.